The first kappa shape index (κ1) is 13.9. The number of rotatable bonds is 0. The van der Waals surface area contributed by atoms with E-state index in [4.69, 9.17) is 0 Å². The molecule has 0 spiro atoms. The van der Waals surface area contributed by atoms with Crippen LogP contribution in [-0.4, -0.2) is 24.4 Å². The number of benzene rings is 4. The average Bonchev–Trinajstić information content (AvgIpc) is 2.45. The Balaban J connectivity index is 0.00000121. The van der Waals surface area contributed by atoms with E-state index in [-0.39, 0.29) is 24.4 Å². The third-order valence-electron chi connectivity index (χ3n) is 3.68. The van der Waals surface area contributed by atoms with Crippen molar-refractivity contribution in [1.29, 1.82) is 0 Å². The van der Waals surface area contributed by atoms with Crippen molar-refractivity contribution >= 4 is 72.7 Å². The van der Waals surface area contributed by atoms with Crippen molar-refractivity contribution in [3.05, 3.63) is 71.2 Å². The molecule has 0 aliphatic carbocycles. The Hall–Kier alpha value is -1.04. The first-order valence-electron chi connectivity index (χ1n) is 6.33. The molecule has 0 nitrogen and oxygen atoms in total. The van der Waals surface area contributed by atoms with Gasteiger partial charge in [0.05, 0.1) is 0 Å². The molecular formula is C18H14BrSb. The molecule has 98 valence electrons. The molecule has 4 aromatic rings. The summed E-state index contributed by atoms with van der Waals surface area (Å²) in [7, 11) is 0. The van der Waals surface area contributed by atoms with Crippen LogP contribution in [0.25, 0.3) is 32.3 Å². The Kier molecular flexibility index (Phi) is 3.75. The second-order valence-electron chi connectivity index (χ2n) is 4.82. The van der Waals surface area contributed by atoms with Gasteiger partial charge < -0.3 is 0 Å². The van der Waals surface area contributed by atoms with Gasteiger partial charge in [0.25, 0.3) is 0 Å². The number of halogens is 1. The van der Waals surface area contributed by atoms with Crippen molar-refractivity contribution < 1.29 is 0 Å². The van der Waals surface area contributed by atoms with Crippen LogP contribution < -0.4 is 0 Å². The van der Waals surface area contributed by atoms with E-state index in [0.717, 1.165) is 4.47 Å². The van der Waals surface area contributed by atoms with Crippen LogP contribution in [0, 0.1) is 0 Å². The van der Waals surface area contributed by atoms with Crippen LogP contribution in [0.1, 0.15) is 0 Å². The number of hydrogen-bond acceptors (Lipinski definition) is 0. The van der Waals surface area contributed by atoms with Crippen molar-refractivity contribution in [3.63, 3.8) is 0 Å². The predicted octanol–water partition coefficient (Wildman–Crippen LogP) is 4.72. The molecular weight excluding hydrogens is 418 g/mol. The monoisotopic (exact) mass is 430 g/mol. The van der Waals surface area contributed by atoms with E-state index in [0.29, 0.717) is 0 Å². The van der Waals surface area contributed by atoms with Gasteiger partial charge in [-0.05, 0) is 45.1 Å². The van der Waals surface area contributed by atoms with E-state index >= 15 is 0 Å². The molecule has 0 fully saturated rings. The zero-order chi connectivity index (χ0) is 12.8. The summed E-state index contributed by atoms with van der Waals surface area (Å²) in [4.78, 5) is 0. The maximum absolute atomic E-state index is 3.68. The molecule has 0 heterocycles. The summed E-state index contributed by atoms with van der Waals surface area (Å²) < 4.78 is 1.16. The van der Waals surface area contributed by atoms with Gasteiger partial charge in [-0.1, -0.05) is 64.5 Å². The molecule has 0 atom stereocenters. The van der Waals surface area contributed by atoms with Gasteiger partial charge >= 0.3 is 24.4 Å². The van der Waals surface area contributed by atoms with Gasteiger partial charge in [-0.15, -0.1) is 0 Å². The fourth-order valence-electron chi connectivity index (χ4n) is 2.76. The van der Waals surface area contributed by atoms with E-state index < -0.39 is 0 Å². The van der Waals surface area contributed by atoms with Crippen LogP contribution in [0.3, 0.4) is 0 Å². The summed E-state index contributed by atoms with van der Waals surface area (Å²) in [5.41, 5.74) is 0. The Morgan fingerprint density at radius 3 is 2.05 bits per heavy atom. The third-order valence-corrected chi connectivity index (χ3v) is 4.34. The second kappa shape index (κ2) is 5.39. The quantitative estimate of drug-likeness (QED) is 0.214. The normalized spacial score (nSPS) is 10.8. The van der Waals surface area contributed by atoms with Gasteiger partial charge in [-0.3, -0.25) is 0 Å². The van der Waals surface area contributed by atoms with E-state index in [1.165, 1.54) is 32.3 Å². The molecule has 0 N–H and O–H groups in total. The Morgan fingerprint density at radius 1 is 0.600 bits per heavy atom. The Bertz CT molecular complexity index is 928. The van der Waals surface area contributed by atoms with E-state index in [1.807, 2.05) is 0 Å². The average molecular weight is 432 g/mol. The second-order valence-corrected chi connectivity index (χ2v) is 5.68. The topological polar surface area (TPSA) is 0 Å². The molecule has 0 unspecified atom stereocenters. The van der Waals surface area contributed by atoms with Crippen molar-refractivity contribution in [3.8, 4) is 0 Å². The van der Waals surface area contributed by atoms with Gasteiger partial charge in [0.2, 0.25) is 0 Å². The first-order chi connectivity index (χ1) is 9.33. The summed E-state index contributed by atoms with van der Waals surface area (Å²) in [6.45, 7) is 0. The van der Waals surface area contributed by atoms with Crippen LogP contribution in [0.5, 0.6) is 0 Å². The maximum atomic E-state index is 3.68. The molecule has 0 aliphatic heterocycles. The molecule has 0 aromatic heterocycles. The van der Waals surface area contributed by atoms with Crippen LogP contribution in [0.4, 0.5) is 0 Å². The summed E-state index contributed by atoms with van der Waals surface area (Å²) in [6, 6.07) is 23.8. The van der Waals surface area contributed by atoms with E-state index in [2.05, 4.69) is 82.7 Å². The molecule has 4 aromatic carbocycles. The minimum atomic E-state index is 0. The van der Waals surface area contributed by atoms with E-state index in [9.17, 15) is 0 Å². The SMILES string of the molecule is Brc1cccc2ccc3cc4ccccc4cc3c12.[SbH3]. The van der Waals surface area contributed by atoms with Gasteiger partial charge in [0.15, 0.2) is 0 Å². The van der Waals surface area contributed by atoms with Gasteiger partial charge in [0.1, 0.15) is 0 Å². The van der Waals surface area contributed by atoms with Crippen LogP contribution in [0.15, 0.2) is 71.2 Å². The van der Waals surface area contributed by atoms with Gasteiger partial charge in [-0.2, -0.15) is 0 Å². The Labute approximate surface area is 143 Å². The molecule has 0 saturated carbocycles. The molecule has 4 rings (SSSR count). The molecule has 0 saturated heterocycles. The zero-order valence-corrected chi connectivity index (χ0v) is 16.6. The summed E-state index contributed by atoms with van der Waals surface area (Å²) in [5.74, 6) is 0. The number of fused-ring (bicyclic) bond motifs is 4. The van der Waals surface area contributed by atoms with Crippen LogP contribution in [0.2, 0.25) is 0 Å². The summed E-state index contributed by atoms with van der Waals surface area (Å²) in [5, 5.41) is 7.75. The van der Waals surface area contributed by atoms with Crippen molar-refractivity contribution in [2.75, 3.05) is 0 Å². The molecule has 0 aliphatic rings. The first-order valence-corrected chi connectivity index (χ1v) is 7.12. The molecule has 0 amide bonds. The Morgan fingerprint density at radius 2 is 1.25 bits per heavy atom. The zero-order valence-electron chi connectivity index (χ0n) is 10.9. The summed E-state index contributed by atoms with van der Waals surface area (Å²) >= 11 is 3.68. The van der Waals surface area contributed by atoms with E-state index in [1.54, 1.807) is 0 Å². The fourth-order valence-corrected chi connectivity index (χ4v) is 3.35. The molecule has 0 radical (unpaired) electrons. The number of hydrogen-bond donors (Lipinski definition) is 0. The van der Waals surface area contributed by atoms with Gasteiger partial charge in [0, 0.05) is 9.86 Å². The molecule has 0 bridgehead atoms. The van der Waals surface area contributed by atoms with Crippen LogP contribution in [-0.2, 0) is 0 Å². The van der Waals surface area contributed by atoms with Crippen molar-refractivity contribution in [1.82, 2.24) is 0 Å². The van der Waals surface area contributed by atoms with Crippen LogP contribution >= 0.6 is 15.9 Å². The molecule has 20 heavy (non-hydrogen) atoms. The minimum absolute atomic E-state index is 0. The van der Waals surface area contributed by atoms with Crippen molar-refractivity contribution in [2.45, 2.75) is 0 Å². The predicted molar refractivity (Wildman–Crippen MR) is 96.6 cm³/mol. The standard InChI is InChI=1S/C18H11Br.Sb.3H/c19-17-7-3-6-12-8-9-15-10-13-4-1-2-5-14(13)11-16(15)18(12)17;;;;/h1-11H;;;;. The van der Waals surface area contributed by atoms with Crippen molar-refractivity contribution in [2.24, 2.45) is 0 Å². The summed E-state index contributed by atoms with van der Waals surface area (Å²) in [6.07, 6.45) is 0. The van der Waals surface area contributed by atoms with Gasteiger partial charge in [-0.25, -0.2) is 0 Å². The fraction of sp³-hybridized carbons (Fsp3) is 0. The molecule has 2 heteroatoms. The third kappa shape index (κ3) is 2.14.